The Bertz CT molecular complexity index is 1100. The lowest BCUT2D eigenvalue weighted by Gasteiger charge is -2.33. The molecule has 2 atom stereocenters. The van der Waals surface area contributed by atoms with Crippen LogP contribution in [0.3, 0.4) is 0 Å². The Hall–Kier alpha value is -1.85. The van der Waals surface area contributed by atoms with Gasteiger partial charge in [0.2, 0.25) is 21.8 Å². The Labute approximate surface area is 221 Å². The molecule has 2 unspecified atom stereocenters. The van der Waals surface area contributed by atoms with Crippen LogP contribution in [0.15, 0.2) is 48.5 Å². The zero-order valence-electron chi connectivity index (χ0n) is 19.8. The molecule has 0 radical (unpaired) electrons. The molecule has 0 spiro atoms. The fourth-order valence-electron chi connectivity index (χ4n) is 3.39. The summed E-state index contributed by atoms with van der Waals surface area (Å²) in [5.74, 6) is -0.771. The maximum atomic E-state index is 13.6. The highest BCUT2D eigenvalue weighted by Crippen LogP contribution is 2.23. The maximum absolute atomic E-state index is 13.6. The van der Waals surface area contributed by atoms with Crippen LogP contribution in [-0.2, 0) is 26.2 Å². The molecule has 0 heterocycles. The minimum Gasteiger partial charge on any atom is -0.352 e. The van der Waals surface area contributed by atoms with Gasteiger partial charge >= 0.3 is 0 Å². The predicted octanol–water partition coefficient (Wildman–Crippen LogP) is 4.43. The van der Waals surface area contributed by atoms with Crippen molar-refractivity contribution in [1.82, 2.24) is 10.2 Å². The van der Waals surface area contributed by atoms with Crippen molar-refractivity contribution in [3.05, 3.63) is 62.7 Å². The Morgan fingerprint density at radius 2 is 1.68 bits per heavy atom. The zero-order chi connectivity index (χ0) is 25.5. The lowest BCUT2D eigenvalue weighted by atomic mass is 10.1. The number of nitrogens with zero attached hydrogens (tertiary/aromatic N) is 2. The van der Waals surface area contributed by atoms with E-state index in [1.54, 1.807) is 48.5 Å². The number of sulfonamides is 1. The van der Waals surface area contributed by atoms with Crippen LogP contribution in [0.5, 0.6) is 0 Å². The molecule has 34 heavy (non-hydrogen) atoms. The zero-order valence-corrected chi connectivity index (χ0v) is 23.5. The highest BCUT2D eigenvalue weighted by molar-refractivity contribution is 14.1. The average molecular weight is 620 g/mol. The molecule has 7 nitrogen and oxygen atoms in total. The van der Waals surface area contributed by atoms with Gasteiger partial charge in [0, 0.05) is 21.2 Å². The fraction of sp³-hybridized carbons (Fsp3) is 0.417. The van der Waals surface area contributed by atoms with Crippen LogP contribution in [0, 0.1) is 3.57 Å². The first-order valence-electron chi connectivity index (χ1n) is 11.0. The van der Waals surface area contributed by atoms with Gasteiger partial charge in [0.1, 0.15) is 12.6 Å². The first kappa shape index (κ1) is 28.4. The van der Waals surface area contributed by atoms with Gasteiger partial charge in [-0.1, -0.05) is 43.6 Å². The molecule has 0 aromatic heterocycles. The Balaban J connectivity index is 2.44. The summed E-state index contributed by atoms with van der Waals surface area (Å²) in [6, 6.07) is 13.1. The molecule has 186 valence electrons. The standard InChI is InChI=1S/C24H31ClIN3O4S/c1-5-17(3)27-24(31)22(6-2)28(15-18-9-7-8-10-21(18)25)23(30)16-29(34(4,32)33)20-13-11-19(26)12-14-20/h7-14,17,22H,5-6,15-16H2,1-4H3,(H,27,31). The van der Waals surface area contributed by atoms with Crippen molar-refractivity contribution in [3.8, 4) is 0 Å². The Morgan fingerprint density at radius 1 is 1.06 bits per heavy atom. The van der Waals surface area contributed by atoms with Gasteiger partial charge in [0.15, 0.2) is 0 Å². The molecular weight excluding hydrogens is 589 g/mol. The SMILES string of the molecule is CCC(C)NC(=O)C(CC)N(Cc1ccccc1Cl)C(=O)CN(c1ccc(I)cc1)S(C)(=O)=O. The molecule has 0 aliphatic heterocycles. The summed E-state index contributed by atoms with van der Waals surface area (Å²) in [5, 5.41) is 3.41. The lowest BCUT2D eigenvalue weighted by Crippen LogP contribution is -2.53. The molecule has 0 saturated carbocycles. The summed E-state index contributed by atoms with van der Waals surface area (Å²) < 4.78 is 27.2. The second-order valence-electron chi connectivity index (χ2n) is 8.10. The van der Waals surface area contributed by atoms with Crippen LogP contribution in [0.2, 0.25) is 5.02 Å². The van der Waals surface area contributed by atoms with E-state index in [9.17, 15) is 18.0 Å². The van der Waals surface area contributed by atoms with E-state index >= 15 is 0 Å². The van der Waals surface area contributed by atoms with E-state index in [0.717, 1.165) is 20.6 Å². The smallest absolute Gasteiger partial charge is 0.244 e. The molecule has 0 aliphatic carbocycles. The summed E-state index contributed by atoms with van der Waals surface area (Å²) in [6.07, 6.45) is 2.17. The Morgan fingerprint density at radius 3 is 2.21 bits per heavy atom. The van der Waals surface area contributed by atoms with Crippen molar-refractivity contribution in [2.24, 2.45) is 0 Å². The van der Waals surface area contributed by atoms with Crippen LogP contribution < -0.4 is 9.62 Å². The van der Waals surface area contributed by atoms with Crippen LogP contribution >= 0.6 is 34.2 Å². The number of hydrogen-bond acceptors (Lipinski definition) is 4. The van der Waals surface area contributed by atoms with Gasteiger partial charge in [-0.2, -0.15) is 0 Å². The lowest BCUT2D eigenvalue weighted by molar-refractivity contribution is -0.140. The van der Waals surface area contributed by atoms with Gasteiger partial charge < -0.3 is 10.2 Å². The third-order valence-corrected chi connectivity index (χ3v) is 7.71. The highest BCUT2D eigenvalue weighted by atomic mass is 127. The molecule has 2 amide bonds. The van der Waals surface area contributed by atoms with E-state index < -0.39 is 28.5 Å². The molecule has 2 aromatic rings. The molecule has 0 saturated heterocycles. The minimum atomic E-state index is -3.76. The van der Waals surface area contributed by atoms with Crippen LogP contribution in [0.1, 0.15) is 39.2 Å². The summed E-state index contributed by atoms with van der Waals surface area (Å²) in [6.45, 7) is 5.32. The van der Waals surface area contributed by atoms with Gasteiger partial charge in [-0.05, 0) is 78.3 Å². The normalized spacial score (nSPS) is 13.1. The van der Waals surface area contributed by atoms with Crippen molar-refractivity contribution in [2.75, 3.05) is 17.1 Å². The molecular formula is C24H31ClIN3O4S. The van der Waals surface area contributed by atoms with Crippen LogP contribution in [0.25, 0.3) is 0 Å². The van der Waals surface area contributed by atoms with E-state index in [1.165, 1.54) is 4.90 Å². The summed E-state index contributed by atoms with van der Waals surface area (Å²) in [4.78, 5) is 28.1. The molecule has 2 aromatic carbocycles. The number of halogens is 2. The van der Waals surface area contributed by atoms with Crippen molar-refractivity contribution in [2.45, 2.75) is 52.2 Å². The van der Waals surface area contributed by atoms with Gasteiger partial charge in [0.25, 0.3) is 0 Å². The van der Waals surface area contributed by atoms with Crippen molar-refractivity contribution < 1.29 is 18.0 Å². The van der Waals surface area contributed by atoms with Gasteiger partial charge in [-0.25, -0.2) is 8.42 Å². The topological polar surface area (TPSA) is 86.8 Å². The quantitative estimate of drug-likeness (QED) is 0.377. The molecule has 1 N–H and O–H groups in total. The number of hydrogen-bond donors (Lipinski definition) is 1. The number of carbonyl (C=O) groups excluding carboxylic acids is 2. The number of amides is 2. The van der Waals surface area contributed by atoms with Crippen LogP contribution in [0.4, 0.5) is 5.69 Å². The first-order chi connectivity index (χ1) is 16.0. The van der Waals surface area contributed by atoms with E-state index in [2.05, 4.69) is 27.9 Å². The molecule has 10 heteroatoms. The predicted molar refractivity (Wildman–Crippen MR) is 145 cm³/mol. The summed E-state index contributed by atoms with van der Waals surface area (Å²) in [5.41, 5.74) is 1.05. The van der Waals surface area contributed by atoms with Gasteiger partial charge in [0.05, 0.1) is 11.9 Å². The second-order valence-corrected chi connectivity index (χ2v) is 11.7. The first-order valence-corrected chi connectivity index (χ1v) is 14.3. The maximum Gasteiger partial charge on any atom is 0.244 e. The number of rotatable bonds is 11. The number of anilines is 1. The van der Waals surface area contributed by atoms with E-state index in [-0.39, 0.29) is 18.5 Å². The van der Waals surface area contributed by atoms with Crippen molar-refractivity contribution >= 4 is 61.7 Å². The van der Waals surface area contributed by atoms with E-state index in [1.807, 2.05) is 20.8 Å². The Kier molecular flexibility index (Phi) is 10.6. The monoisotopic (exact) mass is 619 g/mol. The fourth-order valence-corrected chi connectivity index (χ4v) is 4.80. The largest absolute Gasteiger partial charge is 0.352 e. The molecule has 2 rings (SSSR count). The summed E-state index contributed by atoms with van der Waals surface area (Å²) in [7, 11) is -3.76. The number of benzene rings is 2. The molecule has 0 aliphatic rings. The third-order valence-electron chi connectivity index (χ3n) is 5.48. The minimum absolute atomic E-state index is 0.0573. The van der Waals surface area contributed by atoms with E-state index in [4.69, 9.17) is 11.6 Å². The van der Waals surface area contributed by atoms with Crippen LogP contribution in [-0.4, -0.2) is 50.0 Å². The molecule has 0 bridgehead atoms. The third kappa shape index (κ3) is 7.84. The number of nitrogens with one attached hydrogen (secondary N) is 1. The number of carbonyl (C=O) groups is 2. The second kappa shape index (κ2) is 12.7. The van der Waals surface area contributed by atoms with Gasteiger partial charge in [-0.15, -0.1) is 0 Å². The van der Waals surface area contributed by atoms with E-state index in [0.29, 0.717) is 22.7 Å². The average Bonchev–Trinajstić information content (AvgIpc) is 2.78. The molecule has 0 fully saturated rings. The van der Waals surface area contributed by atoms with Gasteiger partial charge in [-0.3, -0.25) is 13.9 Å². The van der Waals surface area contributed by atoms with Crippen molar-refractivity contribution in [3.63, 3.8) is 0 Å². The van der Waals surface area contributed by atoms with Crippen molar-refractivity contribution in [1.29, 1.82) is 0 Å². The highest BCUT2D eigenvalue weighted by Gasteiger charge is 2.32. The summed E-state index contributed by atoms with van der Waals surface area (Å²) >= 11 is 8.48.